The Labute approximate surface area is 113 Å². The number of ketones is 1. The summed E-state index contributed by atoms with van der Waals surface area (Å²) in [5, 5.41) is 0. The Hall–Kier alpha value is -1.90. The van der Waals surface area contributed by atoms with Gasteiger partial charge in [-0.3, -0.25) is 9.59 Å². The van der Waals surface area contributed by atoms with Gasteiger partial charge in [0.05, 0.1) is 13.0 Å². The first-order chi connectivity index (χ1) is 9.20. The molecule has 2 rings (SSSR count). The molecule has 1 aliphatic carbocycles. The van der Waals surface area contributed by atoms with Crippen molar-refractivity contribution in [2.45, 2.75) is 26.2 Å². The number of rotatable bonds is 4. The van der Waals surface area contributed by atoms with Crippen LogP contribution < -0.4 is 0 Å². The third-order valence-corrected chi connectivity index (χ3v) is 3.32. The Morgan fingerprint density at radius 2 is 2.11 bits per heavy atom. The molecule has 1 aliphatic rings. The molecule has 3 heteroatoms. The molecule has 0 radical (unpaired) electrons. The van der Waals surface area contributed by atoms with Crippen LogP contribution in [-0.4, -0.2) is 18.4 Å². The van der Waals surface area contributed by atoms with Crippen LogP contribution in [0.2, 0.25) is 0 Å². The minimum atomic E-state index is -0.221. The molecule has 0 aromatic heterocycles. The Morgan fingerprint density at radius 3 is 2.79 bits per heavy atom. The molecule has 1 unspecified atom stereocenters. The second-order valence-electron chi connectivity index (χ2n) is 4.68. The largest absolute Gasteiger partial charge is 0.466 e. The molecule has 1 aromatic carbocycles. The lowest BCUT2D eigenvalue weighted by Gasteiger charge is -2.10. The topological polar surface area (TPSA) is 43.4 Å². The van der Waals surface area contributed by atoms with Crippen LogP contribution >= 0.6 is 0 Å². The van der Waals surface area contributed by atoms with Gasteiger partial charge in [-0.25, -0.2) is 0 Å². The van der Waals surface area contributed by atoms with Gasteiger partial charge in [0.2, 0.25) is 0 Å². The summed E-state index contributed by atoms with van der Waals surface area (Å²) in [6.07, 6.45) is 3.48. The number of allylic oxidation sites excluding steroid dienone is 1. The summed E-state index contributed by atoms with van der Waals surface area (Å²) in [4.78, 5) is 23.5. The van der Waals surface area contributed by atoms with Gasteiger partial charge in [0.15, 0.2) is 5.78 Å². The fraction of sp³-hybridized carbons (Fsp3) is 0.375. The van der Waals surface area contributed by atoms with E-state index in [-0.39, 0.29) is 17.7 Å². The average Bonchev–Trinajstić information content (AvgIpc) is 2.73. The first-order valence-corrected chi connectivity index (χ1v) is 6.66. The van der Waals surface area contributed by atoms with Gasteiger partial charge in [0.25, 0.3) is 0 Å². The van der Waals surface area contributed by atoms with Crippen molar-refractivity contribution < 1.29 is 14.3 Å². The molecule has 0 saturated heterocycles. The highest BCUT2D eigenvalue weighted by Gasteiger charge is 2.30. The number of ether oxygens (including phenoxy) is 1. The zero-order chi connectivity index (χ0) is 13.7. The zero-order valence-electron chi connectivity index (χ0n) is 11.1. The molecule has 1 atom stereocenters. The highest BCUT2D eigenvalue weighted by atomic mass is 16.5. The van der Waals surface area contributed by atoms with Crippen molar-refractivity contribution in [3.05, 3.63) is 41.5 Å². The van der Waals surface area contributed by atoms with Crippen LogP contribution in [-0.2, 0) is 14.3 Å². The van der Waals surface area contributed by atoms with E-state index in [0.29, 0.717) is 19.4 Å². The summed E-state index contributed by atoms with van der Waals surface area (Å²) in [5.41, 5.74) is 1.76. The molecule has 0 spiro atoms. The Morgan fingerprint density at radius 1 is 1.37 bits per heavy atom. The third-order valence-electron chi connectivity index (χ3n) is 3.32. The van der Waals surface area contributed by atoms with Crippen molar-refractivity contribution in [1.82, 2.24) is 0 Å². The maximum absolute atomic E-state index is 11.9. The number of benzene rings is 1. The predicted molar refractivity (Wildman–Crippen MR) is 73.4 cm³/mol. The molecule has 3 nitrogen and oxygen atoms in total. The molecule has 0 aliphatic heterocycles. The van der Waals surface area contributed by atoms with Crippen LogP contribution in [0.25, 0.3) is 6.08 Å². The summed E-state index contributed by atoms with van der Waals surface area (Å²) in [7, 11) is 0. The quantitative estimate of drug-likeness (QED) is 0.616. The third kappa shape index (κ3) is 3.53. The van der Waals surface area contributed by atoms with Crippen molar-refractivity contribution in [2.24, 2.45) is 5.92 Å². The van der Waals surface area contributed by atoms with E-state index in [1.807, 2.05) is 36.4 Å². The summed E-state index contributed by atoms with van der Waals surface area (Å²) >= 11 is 0. The van der Waals surface area contributed by atoms with Crippen molar-refractivity contribution in [3.8, 4) is 0 Å². The average molecular weight is 258 g/mol. The minimum Gasteiger partial charge on any atom is -0.466 e. The van der Waals surface area contributed by atoms with E-state index in [9.17, 15) is 9.59 Å². The fourth-order valence-corrected chi connectivity index (χ4v) is 2.39. The van der Waals surface area contributed by atoms with Crippen LogP contribution in [0, 0.1) is 5.92 Å². The molecule has 100 valence electrons. The lowest BCUT2D eigenvalue weighted by atomic mass is 9.96. The molecule has 0 bridgehead atoms. The standard InChI is InChI=1S/C16H18O3/c1-2-19-16(18)11-13-8-9-15(17)14(13)10-12-6-4-3-5-7-12/h3-7,10,13H,2,8-9,11H2,1H3/b14-10-. The van der Waals surface area contributed by atoms with E-state index in [1.54, 1.807) is 6.92 Å². The smallest absolute Gasteiger partial charge is 0.306 e. The lowest BCUT2D eigenvalue weighted by Crippen LogP contribution is -2.11. The Bertz CT molecular complexity index is 488. The number of hydrogen-bond donors (Lipinski definition) is 0. The number of carbonyl (C=O) groups excluding carboxylic acids is 2. The Balaban J connectivity index is 2.14. The zero-order valence-corrected chi connectivity index (χ0v) is 11.1. The number of hydrogen-bond acceptors (Lipinski definition) is 3. The van der Waals surface area contributed by atoms with Crippen LogP contribution in [0.5, 0.6) is 0 Å². The van der Waals surface area contributed by atoms with Gasteiger partial charge in [-0.2, -0.15) is 0 Å². The molecular weight excluding hydrogens is 240 g/mol. The van der Waals surface area contributed by atoms with Gasteiger partial charge >= 0.3 is 5.97 Å². The second-order valence-corrected chi connectivity index (χ2v) is 4.68. The predicted octanol–water partition coefficient (Wildman–Crippen LogP) is 3.00. The SMILES string of the molecule is CCOC(=O)CC1CCC(=O)/C1=C\c1ccccc1. The molecule has 0 heterocycles. The van der Waals surface area contributed by atoms with Crippen molar-refractivity contribution in [3.63, 3.8) is 0 Å². The van der Waals surface area contributed by atoms with Gasteiger partial charge in [0, 0.05) is 6.42 Å². The normalized spacial score (nSPS) is 20.8. The van der Waals surface area contributed by atoms with E-state index in [2.05, 4.69) is 0 Å². The van der Waals surface area contributed by atoms with E-state index < -0.39 is 0 Å². The van der Waals surface area contributed by atoms with E-state index in [1.165, 1.54) is 0 Å². The van der Waals surface area contributed by atoms with Gasteiger partial charge < -0.3 is 4.74 Å². The molecular formula is C16H18O3. The van der Waals surface area contributed by atoms with Crippen LogP contribution in [0.1, 0.15) is 31.7 Å². The molecule has 1 fully saturated rings. The van der Waals surface area contributed by atoms with E-state index in [0.717, 1.165) is 17.6 Å². The van der Waals surface area contributed by atoms with Crippen molar-refractivity contribution in [1.29, 1.82) is 0 Å². The molecule has 1 saturated carbocycles. The van der Waals surface area contributed by atoms with E-state index >= 15 is 0 Å². The van der Waals surface area contributed by atoms with Crippen molar-refractivity contribution >= 4 is 17.8 Å². The monoisotopic (exact) mass is 258 g/mol. The van der Waals surface area contributed by atoms with Gasteiger partial charge in [0.1, 0.15) is 0 Å². The first kappa shape index (κ1) is 13.5. The number of carbonyl (C=O) groups is 2. The van der Waals surface area contributed by atoms with Crippen LogP contribution in [0.3, 0.4) is 0 Å². The van der Waals surface area contributed by atoms with Gasteiger partial charge in [-0.15, -0.1) is 0 Å². The highest BCUT2D eigenvalue weighted by molar-refractivity contribution is 6.02. The van der Waals surface area contributed by atoms with E-state index in [4.69, 9.17) is 4.74 Å². The number of esters is 1. The van der Waals surface area contributed by atoms with Gasteiger partial charge in [-0.05, 0) is 36.5 Å². The maximum atomic E-state index is 11.9. The lowest BCUT2D eigenvalue weighted by molar-refractivity contribution is -0.143. The molecule has 19 heavy (non-hydrogen) atoms. The Kier molecular flexibility index (Phi) is 4.50. The van der Waals surface area contributed by atoms with Crippen LogP contribution in [0.15, 0.2) is 35.9 Å². The first-order valence-electron chi connectivity index (χ1n) is 6.66. The minimum absolute atomic E-state index is 0.00626. The van der Waals surface area contributed by atoms with Crippen molar-refractivity contribution in [2.75, 3.05) is 6.61 Å². The molecule has 0 amide bonds. The van der Waals surface area contributed by atoms with Gasteiger partial charge in [-0.1, -0.05) is 30.3 Å². The molecule has 1 aromatic rings. The number of Topliss-reactive ketones (excluding diaryl/α,β-unsaturated/α-hetero) is 1. The highest BCUT2D eigenvalue weighted by Crippen LogP contribution is 2.32. The molecule has 0 N–H and O–H groups in total. The second kappa shape index (κ2) is 6.32. The summed E-state index contributed by atoms with van der Waals surface area (Å²) in [6.45, 7) is 2.18. The summed E-state index contributed by atoms with van der Waals surface area (Å²) < 4.78 is 4.96. The maximum Gasteiger partial charge on any atom is 0.306 e. The summed E-state index contributed by atoms with van der Waals surface area (Å²) in [5.74, 6) is -0.0638. The fourth-order valence-electron chi connectivity index (χ4n) is 2.39. The summed E-state index contributed by atoms with van der Waals surface area (Å²) in [6, 6.07) is 9.73. The van der Waals surface area contributed by atoms with Crippen LogP contribution in [0.4, 0.5) is 0 Å².